The van der Waals surface area contributed by atoms with Gasteiger partial charge in [0.2, 0.25) is 0 Å². The molecule has 3 nitrogen and oxygen atoms in total. The van der Waals surface area contributed by atoms with Gasteiger partial charge in [0.25, 0.3) is 0 Å². The summed E-state index contributed by atoms with van der Waals surface area (Å²) < 4.78 is 5.58. The molecule has 0 spiro atoms. The average Bonchev–Trinajstić information content (AvgIpc) is 2.34. The molecular weight excluding hydrogens is 273 g/mol. The molecule has 0 bridgehead atoms. The zero-order valence-electron chi connectivity index (χ0n) is 10.3. The lowest BCUT2D eigenvalue weighted by atomic mass is 10.0. The molecule has 100 valence electrons. The van der Waals surface area contributed by atoms with Crippen LogP contribution in [0.25, 0.3) is 0 Å². The number of morpholine rings is 1. The fourth-order valence-electron chi connectivity index (χ4n) is 2.11. The molecule has 1 saturated heterocycles. The predicted molar refractivity (Wildman–Crippen MR) is 73.4 cm³/mol. The van der Waals surface area contributed by atoms with Crippen molar-refractivity contribution in [1.82, 2.24) is 4.90 Å². The lowest BCUT2D eigenvalue weighted by Crippen LogP contribution is -2.46. The molecule has 18 heavy (non-hydrogen) atoms. The molecule has 0 saturated carbocycles. The van der Waals surface area contributed by atoms with Gasteiger partial charge in [-0.1, -0.05) is 29.3 Å². The summed E-state index contributed by atoms with van der Waals surface area (Å²) in [6.07, 6.45) is -0.363. The summed E-state index contributed by atoms with van der Waals surface area (Å²) in [5.74, 6) is 0. The molecule has 0 aromatic heterocycles. The van der Waals surface area contributed by atoms with Crippen molar-refractivity contribution in [2.24, 2.45) is 0 Å². The van der Waals surface area contributed by atoms with Gasteiger partial charge in [-0.15, -0.1) is 0 Å². The van der Waals surface area contributed by atoms with Crippen LogP contribution in [0, 0.1) is 0 Å². The van der Waals surface area contributed by atoms with Crippen molar-refractivity contribution >= 4 is 23.2 Å². The molecule has 2 unspecified atom stereocenters. The molecule has 0 radical (unpaired) electrons. The van der Waals surface area contributed by atoms with Crippen molar-refractivity contribution in [3.63, 3.8) is 0 Å². The molecule has 5 heteroatoms. The van der Waals surface area contributed by atoms with E-state index in [0.29, 0.717) is 23.1 Å². The summed E-state index contributed by atoms with van der Waals surface area (Å²) in [4.78, 5) is 2.14. The topological polar surface area (TPSA) is 32.7 Å². The van der Waals surface area contributed by atoms with Crippen molar-refractivity contribution in [3.05, 3.63) is 33.8 Å². The van der Waals surface area contributed by atoms with Crippen molar-refractivity contribution in [1.29, 1.82) is 0 Å². The van der Waals surface area contributed by atoms with Gasteiger partial charge < -0.3 is 14.7 Å². The van der Waals surface area contributed by atoms with Crippen LogP contribution < -0.4 is 0 Å². The summed E-state index contributed by atoms with van der Waals surface area (Å²) >= 11 is 12.2. The van der Waals surface area contributed by atoms with Crippen LogP contribution >= 0.6 is 23.2 Å². The Morgan fingerprint density at radius 2 is 2.11 bits per heavy atom. The van der Waals surface area contributed by atoms with Crippen molar-refractivity contribution < 1.29 is 9.84 Å². The zero-order chi connectivity index (χ0) is 13.1. The molecule has 1 N–H and O–H groups in total. The Kier molecular flexibility index (Phi) is 4.87. The largest absolute Gasteiger partial charge is 0.390 e. The van der Waals surface area contributed by atoms with Crippen LogP contribution in [0.1, 0.15) is 5.56 Å². The molecule has 1 aromatic carbocycles. The number of halogens is 2. The van der Waals surface area contributed by atoms with Gasteiger partial charge in [0.1, 0.15) is 0 Å². The molecular formula is C13H17Cl2NO2. The quantitative estimate of drug-likeness (QED) is 0.926. The molecule has 1 fully saturated rings. The number of benzene rings is 1. The SMILES string of the molecule is CN1CCOC(C(O)Cc2c(Cl)cccc2Cl)C1. The van der Waals surface area contributed by atoms with E-state index in [9.17, 15) is 5.11 Å². The van der Waals surface area contributed by atoms with Crippen molar-refractivity contribution in [3.8, 4) is 0 Å². The first-order chi connectivity index (χ1) is 8.58. The number of ether oxygens (including phenoxy) is 1. The van der Waals surface area contributed by atoms with Gasteiger partial charge in [0.05, 0.1) is 18.8 Å². The van der Waals surface area contributed by atoms with E-state index in [1.807, 2.05) is 7.05 Å². The van der Waals surface area contributed by atoms with Gasteiger partial charge in [0.15, 0.2) is 0 Å². The lowest BCUT2D eigenvalue weighted by molar-refractivity contribution is -0.0823. The van der Waals surface area contributed by atoms with E-state index < -0.39 is 6.10 Å². The third-order valence-corrected chi connectivity index (χ3v) is 3.91. The van der Waals surface area contributed by atoms with Gasteiger partial charge >= 0.3 is 0 Å². The number of hydrogen-bond donors (Lipinski definition) is 1. The fourth-order valence-corrected chi connectivity index (χ4v) is 2.66. The van der Waals surface area contributed by atoms with E-state index in [1.54, 1.807) is 18.2 Å². The third kappa shape index (κ3) is 3.37. The van der Waals surface area contributed by atoms with Gasteiger partial charge in [-0.05, 0) is 24.7 Å². The lowest BCUT2D eigenvalue weighted by Gasteiger charge is -2.33. The first-order valence-corrected chi connectivity index (χ1v) is 6.74. The van der Waals surface area contributed by atoms with Gasteiger partial charge in [-0.25, -0.2) is 0 Å². The second-order valence-corrected chi connectivity index (χ2v) is 5.46. The summed E-state index contributed by atoms with van der Waals surface area (Å²) in [7, 11) is 2.02. The number of rotatable bonds is 3. The van der Waals surface area contributed by atoms with Gasteiger partial charge in [-0.3, -0.25) is 0 Å². The first-order valence-electron chi connectivity index (χ1n) is 5.99. The van der Waals surface area contributed by atoms with E-state index in [2.05, 4.69) is 4.90 Å². The molecule has 2 rings (SSSR count). The second kappa shape index (κ2) is 6.22. The first kappa shape index (κ1) is 14.1. The Morgan fingerprint density at radius 3 is 2.72 bits per heavy atom. The Bertz CT molecular complexity index is 394. The highest BCUT2D eigenvalue weighted by Gasteiger charge is 2.26. The van der Waals surface area contributed by atoms with Gasteiger partial charge in [0, 0.05) is 29.6 Å². The molecule has 1 aliphatic rings. The molecule has 0 amide bonds. The summed E-state index contributed by atoms with van der Waals surface area (Å²) in [6, 6.07) is 5.36. The standard InChI is InChI=1S/C13H17Cl2NO2/c1-16-5-6-18-13(8-16)12(17)7-9-10(14)3-2-4-11(9)15/h2-4,12-13,17H,5-8H2,1H3. The predicted octanol–water partition coefficient (Wildman–Crippen LogP) is 2.23. The van der Waals surface area contributed by atoms with E-state index in [4.69, 9.17) is 27.9 Å². The summed E-state index contributed by atoms with van der Waals surface area (Å²) in [5, 5.41) is 11.4. The number of aliphatic hydroxyl groups excluding tert-OH is 1. The minimum absolute atomic E-state index is 0.184. The second-order valence-electron chi connectivity index (χ2n) is 4.64. The Morgan fingerprint density at radius 1 is 1.44 bits per heavy atom. The van der Waals surface area contributed by atoms with E-state index >= 15 is 0 Å². The normalized spacial score (nSPS) is 23.0. The van der Waals surface area contributed by atoms with Crippen LogP contribution in [0.2, 0.25) is 10.0 Å². The highest BCUT2D eigenvalue weighted by atomic mass is 35.5. The van der Waals surface area contributed by atoms with Crippen molar-refractivity contribution in [2.45, 2.75) is 18.6 Å². The van der Waals surface area contributed by atoms with Crippen LogP contribution in [0.15, 0.2) is 18.2 Å². The van der Waals surface area contributed by atoms with Crippen LogP contribution in [-0.2, 0) is 11.2 Å². The van der Waals surface area contributed by atoms with Crippen molar-refractivity contribution in [2.75, 3.05) is 26.7 Å². The minimum Gasteiger partial charge on any atom is -0.390 e. The van der Waals surface area contributed by atoms with Crippen LogP contribution in [0.4, 0.5) is 0 Å². The third-order valence-electron chi connectivity index (χ3n) is 3.20. The van der Waals surface area contributed by atoms with Crippen LogP contribution in [0.5, 0.6) is 0 Å². The Hall–Kier alpha value is -0.320. The smallest absolute Gasteiger partial charge is 0.0964 e. The van der Waals surface area contributed by atoms with Gasteiger partial charge in [-0.2, -0.15) is 0 Å². The molecule has 0 aliphatic carbocycles. The molecule has 1 heterocycles. The summed E-state index contributed by atoms with van der Waals surface area (Å²) in [5.41, 5.74) is 0.783. The number of aliphatic hydroxyl groups is 1. The van der Waals surface area contributed by atoms with E-state index in [0.717, 1.165) is 18.7 Å². The average molecular weight is 290 g/mol. The van der Waals surface area contributed by atoms with E-state index in [1.165, 1.54) is 0 Å². The molecule has 1 aliphatic heterocycles. The minimum atomic E-state index is -0.592. The number of likely N-dealkylation sites (N-methyl/N-ethyl adjacent to an activating group) is 1. The maximum absolute atomic E-state index is 10.2. The maximum atomic E-state index is 10.2. The fraction of sp³-hybridized carbons (Fsp3) is 0.538. The Labute approximate surface area is 117 Å². The maximum Gasteiger partial charge on any atom is 0.0964 e. The molecule has 1 aromatic rings. The van der Waals surface area contributed by atoms with Crippen LogP contribution in [-0.4, -0.2) is 49.0 Å². The summed E-state index contributed by atoms with van der Waals surface area (Å²) in [6.45, 7) is 2.27. The number of nitrogens with zero attached hydrogens (tertiary/aromatic N) is 1. The monoisotopic (exact) mass is 289 g/mol. The zero-order valence-corrected chi connectivity index (χ0v) is 11.8. The number of hydrogen-bond acceptors (Lipinski definition) is 3. The van der Waals surface area contributed by atoms with Crippen LogP contribution in [0.3, 0.4) is 0 Å². The highest BCUT2D eigenvalue weighted by molar-refractivity contribution is 6.35. The molecule has 2 atom stereocenters. The highest BCUT2D eigenvalue weighted by Crippen LogP contribution is 2.26. The Balaban J connectivity index is 2.04. The van der Waals surface area contributed by atoms with E-state index in [-0.39, 0.29) is 6.10 Å².